The van der Waals surface area contributed by atoms with Gasteiger partial charge in [-0.2, -0.15) is 0 Å². The summed E-state index contributed by atoms with van der Waals surface area (Å²) in [4.78, 5) is 12.7. The van der Waals surface area contributed by atoms with Gasteiger partial charge >= 0.3 is 5.97 Å². The zero-order valence-electron chi connectivity index (χ0n) is 8.90. The van der Waals surface area contributed by atoms with Gasteiger partial charge in [0.25, 0.3) is 0 Å². The molecule has 0 amide bonds. The Balaban J connectivity index is 0.00000169. The average Bonchev–Trinajstić information content (AvgIpc) is 2.17. The van der Waals surface area contributed by atoms with Gasteiger partial charge in [0.2, 0.25) is 0 Å². The van der Waals surface area contributed by atoms with Gasteiger partial charge in [0, 0.05) is 6.04 Å². The van der Waals surface area contributed by atoms with Gasteiger partial charge in [-0.15, -0.1) is 12.4 Å². The number of rotatable bonds is 3. The Labute approximate surface area is 91.9 Å². The summed E-state index contributed by atoms with van der Waals surface area (Å²) in [6, 6.07) is 0.142. The van der Waals surface area contributed by atoms with Gasteiger partial charge in [0.05, 0.1) is 0 Å². The lowest BCUT2D eigenvalue weighted by atomic mass is 9.94. The molecule has 0 spiro atoms. The van der Waals surface area contributed by atoms with E-state index in [2.05, 4.69) is 0 Å². The van der Waals surface area contributed by atoms with E-state index in [1.807, 2.05) is 11.9 Å². The Hall–Kier alpha value is -0.280. The summed E-state index contributed by atoms with van der Waals surface area (Å²) in [6.07, 6.45) is 6.14. The van der Waals surface area contributed by atoms with Gasteiger partial charge in [-0.1, -0.05) is 19.3 Å². The second-order valence-corrected chi connectivity index (χ2v) is 3.97. The summed E-state index contributed by atoms with van der Waals surface area (Å²) in [5.74, 6) is -0.715. The van der Waals surface area contributed by atoms with E-state index < -0.39 is 5.97 Å². The van der Waals surface area contributed by atoms with Crippen LogP contribution in [-0.4, -0.2) is 35.1 Å². The van der Waals surface area contributed by atoms with Crippen LogP contribution in [0.2, 0.25) is 0 Å². The van der Waals surface area contributed by atoms with Crippen LogP contribution in [-0.2, 0) is 4.79 Å². The molecule has 84 valence electrons. The molecular formula is C10H20ClNO2. The molecule has 1 atom stereocenters. The minimum atomic E-state index is -0.715. The molecule has 0 unspecified atom stereocenters. The summed E-state index contributed by atoms with van der Waals surface area (Å²) in [5.41, 5.74) is 0. The van der Waals surface area contributed by atoms with Crippen molar-refractivity contribution >= 4 is 18.4 Å². The number of aliphatic carboxylic acids is 1. The Morgan fingerprint density at radius 2 is 1.86 bits per heavy atom. The van der Waals surface area contributed by atoms with E-state index in [1.54, 1.807) is 6.92 Å². The minimum Gasteiger partial charge on any atom is -0.480 e. The Morgan fingerprint density at radius 1 is 1.36 bits per heavy atom. The number of hydrogen-bond acceptors (Lipinski definition) is 2. The Morgan fingerprint density at radius 3 is 2.29 bits per heavy atom. The van der Waals surface area contributed by atoms with Crippen molar-refractivity contribution in [2.24, 2.45) is 0 Å². The maximum Gasteiger partial charge on any atom is 0.320 e. The smallest absolute Gasteiger partial charge is 0.320 e. The molecule has 0 saturated heterocycles. The molecule has 1 saturated carbocycles. The normalized spacial score (nSPS) is 20.2. The molecule has 0 aromatic heterocycles. The predicted molar refractivity (Wildman–Crippen MR) is 59.0 cm³/mol. The van der Waals surface area contributed by atoms with E-state index in [1.165, 1.54) is 19.3 Å². The van der Waals surface area contributed by atoms with E-state index in [4.69, 9.17) is 5.11 Å². The third kappa shape index (κ3) is 3.46. The van der Waals surface area contributed by atoms with Gasteiger partial charge in [0.15, 0.2) is 0 Å². The van der Waals surface area contributed by atoms with E-state index in [0.717, 1.165) is 12.8 Å². The maximum atomic E-state index is 10.7. The highest BCUT2D eigenvalue weighted by atomic mass is 35.5. The van der Waals surface area contributed by atoms with E-state index in [9.17, 15) is 4.79 Å². The van der Waals surface area contributed by atoms with E-state index >= 15 is 0 Å². The first-order chi connectivity index (χ1) is 6.13. The third-order valence-corrected chi connectivity index (χ3v) is 3.12. The molecule has 0 bridgehead atoms. The predicted octanol–water partition coefficient (Wildman–Crippen LogP) is 2.15. The number of hydrogen-bond donors (Lipinski definition) is 1. The van der Waals surface area contributed by atoms with Gasteiger partial charge < -0.3 is 5.11 Å². The number of nitrogens with zero attached hydrogens (tertiary/aromatic N) is 1. The first-order valence-electron chi connectivity index (χ1n) is 5.07. The van der Waals surface area contributed by atoms with E-state index in [-0.39, 0.29) is 18.4 Å². The van der Waals surface area contributed by atoms with Gasteiger partial charge in [-0.05, 0) is 26.8 Å². The van der Waals surface area contributed by atoms with Gasteiger partial charge in [-0.3, -0.25) is 9.69 Å². The Bertz CT molecular complexity index is 181. The van der Waals surface area contributed by atoms with Crippen LogP contribution in [0.5, 0.6) is 0 Å². The van der Waals surface area contributed by atoms with Crippen LogP contribution in [0.3, 0.4) is 0 Å². The molecule has 3 nitrogen and oxygen atoms in total. The molecule has 1 rings (SSSR count). The first-order valence-corrected chi connectivity index (χ1v) is 5.07. The molecule has 14 heavy (non-hydrogen) atoms. The molecule has 0 aromatic rings. The summed E-state index contributed by atoms with van der Waals surface area (Å²) in [6.45, 7) is 1.76. The number of likely N-dealkylation sites (N-methyl/N-ethyl adjacent to an activating group) is 1. The SMILES string of the molecule is C[C@H](C(=O)O)N(C)C1CCCCC1.Cl. The fraction of sp³-hybridized carbons (Fsp3) is 0.900. The summed E-state index contributed by atoms with van der Waals surface area (Å²) in [7, 11) is 1.93. The molecule has 1 aliphatic rings. The standard InChI is InChI=1S/C10H19NO2.ClH/c1-8(10(12)13)11(2)9-6-4-3-5-7-9;/h8-9H,3-7H2,1-2H3,(H,12,13);1H/t8-;/m1./s1. The molecular weight excluding hydrogens is 202 g/mol. The summed E-state index contributed by atoms with van der Waals surface area (Å²) < 4.78 is 0. The second-order valence-electron chi connectivity index (χ2n) is 3.97. The maximum absolute atomic E-state index is 10.7. The van der Waals surface area contributed by atoms with Crippen LogP contribution >= 0.6 is 12.4 Å². The van der Waals surface area contributed by atoms with E-state index in [0.29, 0.717) is 6.04 Å². The van der Waals surface area contributed by atoms with Crippen molar-refractivity contribution in [1.29, 1.82) is 0 Å². The third-order valence-electron chi connectivity index (χ3n) is 3.12. The molecule has 0 heterocycles. The molecule has 1 aliphatic carbocycles. The number of carboxylic acid groups (broad SMARTS) is 1. The highest BCUT2D eigenvalue weighted by Gasteiger charge is 2.25. The van der Waals surface area contributed by atoms with Gasteiger partial charge in [-0.25, -0.2) is 0 Å². The van der Waals surface area contributed by atoms with Crippen LogP contribution in [0.4, 0.5) is 0 Å². The lowest BCUT2D eigenvalue weighted by Gasteiger charge is -2.33. The number of halogens is 1. The molecule has 0 aliphatic heterocycles. The van der Waals surface area contributed by atoms with Crippen molar-refractivity contribution in [2.75, 3.05) is 7.05 Å². The largest absolute Gasteiger partial charge is 0.480 e. The van der Waals surface area contributed by atoms with Crippen LogP contribution < -0.4 is 0 Å². The fourth-order valence-corrected chi connectivity index (χ4v) is 1.98. The molecule has 0 radical (unpaired) electrons. The minimum absolute atomic E-state index is 0. The lowest BCUT2D eigenvalue weighted by Crippen LogP contribution is -2.43. The highest BCUT2D eigenvalue weighted by molar-refractivity contribution is 5.85. The van der Waals surface area contributed by atoms with Crippen molar-refractivity contribution in [1.82, 2.24) is 4.90 Å². The fourth-order valence-electron chi connectivity index (χ4n) is 1.98. The van der Waals surface area contributed by atoms with Crippen molar-refractivity contribution in [2.45, 2.75) is 51.1 Å². The van der Waals surface area contributed by atoms with Crippen LogP contribution in [0.25, 0.3) is 0 Å². The number of carboxylic acids is 1. The zero-order chi connectivity index (χ0) is 9.84. The quantitative estimate of drug-likeness (QED) is 0.794. The second kappa shape index (κ2) is 6.25. The lowest BCUT2D eigenvalue weighted by molar-refractivity contribution is -0.143. The highest BCUT2D eigenvalue weighted by Crippen LogP contribution is 2.22. The average molecular weight is 222 g/mol. The van der Waals surface area contributed by atoms with Gasteiger partial charge in [0.1, 0.15) is 6.04 Å². The topological polar surface area (TPSA) is 40.5 Å². The van der Waals surface area contributed by atoms with Crippen molar-refractivity contribution in [3.8, 4) is 0 Å². The molecule has 0 aromatic carbocycles. The Kier molecular flexibility index (Phi) is 6.12. The zero-order valence-corrected chi connectivity index (χ0v) is 9.72. The molecule has 4 heteroatoms. The monoisotopic (exact) mass is 221 g/mol. The van der Waals surface area contributed by atoms with Crippen molar-refractivity contribution < 1.29 is 9.90 Å². The van der Waals surface area contributed by atoms with Crippen molar-refractivity contribution in [3.63, 3.8) is 0 Å². The van der Waals surface area contributed by atoms with Crippen molar-refractivity contribution in [3.05, 3.63) is 0 Å². The summed E-state index contributed by atoms with van der Waals surface area (Å²) in [5, 5.41) is 8.84. The molecule has 1 fully saturated rings. The van der Waals surface area contributed by atoms with Crippen LogP contribution in [0, 0.1) is 0 Å². The summed E-state index contributed by atoms with van der Waals surface area (Å²) >= 11 is 0. The van der Waals surface area contributed by atoms with Crippen LogP contribution in [0.1, 0.15) is 39.0 Å². The number of carbonyl (C=O) groups is 1. The van der Waals surface area contributed by atoms with Crippen LogP contribution in [0.15, 0.2) is 0 Å². The first kappa shape index (κ1) is 13.7. The molecule has 1 N–H and O–H groups in total.